The lowest BCUT2D eigenvalue weighted by molar-refractivity contribution is -0.113. The molecule has 0 spiro atoms. The maximum absolute atomic E-state index is 12.4. The number of nitrogens with zero attached hydrogens (tertiary/aromatic N) is 5. The zero-order valence-electron chi connectivity index (χ0n) is 15.1. The van der Waals surface area contributed by atoms with Crippen LogP contribution in [0.25, 0.3) is 11.5 Å². The Morgan fingerprint density at radius 3 is 2.54 bits per heavy atom. The Bertz CT molecular complexity index is 915. The maximum Gasteiger partial charge on any atom is 0.234 e. The van der Waals surface area contributed by atoms with E-state index in [1.165, 1.54) is 17.3 Å². The van der Waals surface area contributed by atoms with E-state index in [4.69, 9.17) is 0 Å². The highest BCUT2D eigenvalue weighted by Gasteiger charge is 2.15. The Balaban J connectivity index is 1.67. The van der Waals surface area contributed by atoms with Crippen molar-refractivity contribution in [2.45, 2.75) is 25.9 Å². The van der Waals surface area contributed by atoms with Gasteiger partial charge >= 0.3 is 0 Å². The molecule has 2 aromatic heterocycles. The van der Waals surface area contributed by atoms with Gasteiger partial charge in [-0.15, -0.1) is 10.2 Å². The molecule has 0 unspecified atom stereocenters. The first-order chi connectivity index (χ1) is 12.5. The van der Waals surface area contributed by atoms with Crippen LogP contribution in [0.5, 0.6) is 0 Å². The van der Waals surface area contributed by atoms with E-state index in [1.54, 1.807) is 18.6 Å². The third-order valence-electron chi connectivity index (χ3n) is 3.90. The lowest BCUT2D eigenvalue weighted by Gasteiger charge is -2.12. The number of thioether (sulfide) groups is 1. The van der Waals surface area contributed by atoms with Crippen LogP contribution in [0.2, 0.25) is 0 Å². The summed E-state index contributed by atoms with van der Waals surface area (Å²) in [5, 5.41) is 11.9. The number of benzene rings is 1. The summed E-state index contributed by atoms with van der Waals surface area (Å²) in [5.41, 5.74) is 4.82. The van der Waals surface area contributed by atoms with Gasteiger partial charge in [0.15, 0.2) is 11.0 Å². The molecule has 0 saturated carbocycles. The normalized spacial score (nSPS) is 10.8. The highest BCUT2D eigenvalue weighted by atomic mass is 32.2. The van der Waals surface area contributed by atoms with Gasteiger partial charge in [-0.1, -0.05) is 29.5 Å². The summed E-state index contributed by atoms with van der Waals surface area (Å²) in [6, 6.07) is 4.12. The van der Waals surface area contributed by atoms with Gasteiger partial charge in [0.05, 0.1) is 11.9 Å². The second-order valence-corrected chi connectivity index (χ2v) is 7.01. The van der Waals surface area contributed by atoms with Crippen molar-refractivity contribution in [3.63, 3.8) is 0 Å². The molecule has 134 valence electrons. The summed E-state index contributed by atoms with van der Waals surface area (Å²) < 4.78 is 1.81. The van der Waals surface area contributed by atoms with Gasteiger partial charge in [-0.3, -0.25) is 9.78 Å². The number of nitrogens with one attached hydrogen (secondary N) is 1. The minimum atomic E-state index is -0.0749. The zero-order valence-corrected chi connectivity index (χ0v) is 16.0. The molecule has 0 aliphatic rings. The van der Waals surface area contributed by atoms with E-state index in [1.807, 2.05) is 32.4 Å². The Morgan fingerprint density at radius 2 is 1.88 bits per heavy atom. The van der Waals surface area contributed by atoms with Crippen molar-refractivity contribution < 1.29 is 4.79 Å². The molecular formula is C18H20N6OS. The third-order valence-corrected chi connectivity index (χ3v) is 4.92. The van der Waals surface area contributed by atoms with E-state index in [0.717, 1.165) is 16.8 Å². The summed E-state index contributed by atoms with van der Waals surface area (Å²) in [6.07, 6.45) is 4.85. The third kappa shape index (κ3) is 3.91. The summed E-state index contributed by atoms with van der Waals surface area (Å²) in [5.74, 6) is 0.791. The lowest BCUT2D eigenvalue weighted by atomic mass is 10.1. The van der Waals surface area contributed by atoms with Crippen molar-refractivity contribution in [1.82, 2.24) is 24.7 Å². The fourth-order valence-corrected chi connectivity index (χ4v) is 3.47. The summed E-state index contributed by atoms with van der Waals surface area (Å²) in [7, 11) is 1.85. The van der Waals surface area contributed by atoms with Crippen LogP contribution in [0.3, 0.4) is 0 Å². The van der Waals surface area contributed by atoms with Crippen molar-refractivity contribution >= 4 is 23.4 Å². The number of hydrogen-bond donors (Lipinski definition) is 1. The summed E-state index contributed by atoms with van der Waals surface area (Å²) >= 11 is 1.33. The molecule has 1 N–H and O–H groups in total. The second-order valence-electron chi connectivity index (χ2n) is 6.07. The van der Waals surface area contributed by atoms with Crippen LogP contribution in [-0.4, -0.2) is 36.4 Å². The molecule has 2 heterocycles. The first-order valence-corrected chi connectivity index (χ1v) is 9.10. The number of anilines is 1. The van der Waals surface area contributed by atoms with Gasteiger partial charge in [0.1, 0.15) is 5.69 Å². The fraction of sp³-hybridized carbons (Fsp3) is 0.278. The Labute approximate surface area is 156 Å². The van der Waals surface area contributed by atoms with Gasteiger partial charge in [-0.25, -0.2) is 4.98 Å². The molecule has 1 amide bonds. The maximum atomic E-state index is 12.4. The number of aryl methyl sites for hydroxylation is 3. The van der Waals surface area contributed by atoms with Crippen molar-refractivity contribution in [2.24, 2.45) is 7.05 Å². The molecule has 26 heavy (non-hydrogen) atoms. The van der Waals surface area contributed by atoms with Gasteiger partial charge < -0.3 is 9.88 Å². The summed E-state index contributed by atoms with van der Waals surface area (Å²) in [6.45, 7) is 6.04. The van der Waals surface area contributed by atoms with Crippen LogP contribution >= 0.6 is 11.8 Å². The van der Waals surface area contributed by atoms with E-state index in [2.05, 4.69) is 37.6 Å². The number of carbonyl (C=O) groups excluding carboxylic acids is 1. The molecule has 0 fully saturated rings. The van der Waals surface area contributed by atoms with Gasteiger partial charge in [-0.05, 0) is 31.9 Å². The molecule has 0 bridgehead atoms. The topological polar surface area (TPSA) is 85.6 Å². The van der Waals surface area contributed by atoms with Crippen molar-refractivity contribution in [1.29, 1.82) is 0 Å². The zero-order chi connectivity index (χ0) is 18.7. The van der Waals surface area contributed by atoms with Crippen LogP contribution in [0.15, 0.2) is 35.9 Å². The Kier molecular flexibility index (Phi) is 5.32. The molecule has 0 aliphatic carbocycles. The smallest absolute Gasteiger partial charge is 0.234 e. The molecular weight excluding hydrogens is 348 g/mol. The van der Waals surface area contributed by atoms with Gasteiger partial charge in [0, 0.05) is 25.1 Å². The first kappa shape index (κ1) is 18.1. The van der Waals surface area contributed by atoms with E-state index in [-0.39, 0.29) is 11.7 Å². The largest absolute Gasteiger partial charge is 0.325 e. The van der Waals surface area contributed by atoms with Crippen molar-refractivity contribution in [3.8, 4) is 11.5 Å². The minimum Gasteiger partial charge on any atom is -0.325 e. The monoisotopic (exact) mass is 368 g/mol. The van der Waals surface area contributed by atoms with Crippen LogP contribution < -0.4 is 5.32 Å². The average molecular weight is 368 g/mol. The fourth-order valence-electron chi connectivity index (χ4n) is 2.76. The molecule has 0 aliphatic heterocycles. The number of aromatic nitrogens is 5. The van der Waals surface area contributed by atoms with E-state index in [9.17, 15) is 4.79 Å². The number of rotatable bonds is 5. The highest BCUT2D eigenvalue weighted by molar-refractivity contribution is 7.99. The Hall–Kier alpha value is -2.74. The van der Waals surface area contributed by atoms with E-state index in [0.29, 0.717) is 16.7 Å². The van der Waals surface area contributed by atoms with E-state index < -0.39 is 0 Å². The predicted octanol–water partition coefficient (Wildman–Crippen LogP) is 2.93. The molecule has 3 aromatic rings. The number of carbonyl (C=O) groups is 1. The van der Waals surface area contributed by atoms with Gasteiger partial charge in [0.25, 0.3) is 0 Å². The van der Waals surface area contributed by atoms with Crippen LogP contribution in [0, 0.1) is 20.8 Å². The molecule has 7 nitrogen and oxygen atoms in total. The molecule has 8 heteroatoms. The average Bonchev–Trinajstić information content (AvgIpc) is 2.98. The Morgan fingerprint density at radius 1 is 1.15 bits per heavy atom. The van der Waals surface area contributed by atoms with Gasteiger partial charge in [0.2, 0.25) is 5.91 Å². The molecule has 0 atom stereocenters. The van der Waals surface area contributed by atoms with Crippen LogP contribution in [0.1, 0.15) is 16.7 Å². The molecule has 0 radical (unpaired) electrons. The lowest BCUT2D eigenvalue weighted by Crippen LogP contribution is -2.16. The number of amides is 1. The van der Waals surface area contributed by atoms with Crippen LogP contribution in [0.4, 0.5) is 5.69 Å². The quantitative estimate of drug-likeness (QED) is 0.697. The summed E-state index contributed by atoms with van der Waals surface area (Å²) in [4.78, 5) is 20.6. The van der Waals surface area contributed by atoms with Crippen molar-refractivity contribution in [3.05, 3.63) is 47.4 Å². The van der Waals surface area contributed by atoms with Crippen molar-refractivity contribution in [2.75, 3.05) is 11.1 Å². The minimum absolute atomic E-state index is 0.0749. The molecule has 3 rings (SSSR count). The second kappa shape index (κ2) is 7.65. The first-order valence-electron chi connectivity index (χ1n) is 8.12. The predicted molar refractivity (Wildman–Crippen MR) is 102 cm³/mol. The SMILES string of the molecule is Cc1cc(C)c(NC(=O)CSc2nnc(-c3cnccn3)n2C)c(C)c1. The molecule has 0 saturated heterocycles. The van der Waals surface area contributed by atoms with Gasteiger partial charge in [-0.2, -0.15) is 0 Å². The highest BCUT2D eigenvalue weighted by Crippen LogP contribution is 2.24. The molecule has 1 aromatic carbocycles. The van der Waals surface area contributed by atoms with Crippen LogP contribution in [-0.2, 0) is 11.8 Å². The standard InChI is InChI=1S/C18H20N6OS/c1-11-7-12(2)16(13(3)8-11)21-15(25)10-26-18-23-22-17(24(18)4)14-9-19-5-6-20-14/h5-9H,10H2,1-4H3,(H,21,25). The van der Waals surface area contributed by atoms with E-state index >= 15 is 0 Å². The number of hydrogen-bond acceptors (Lipinski definition) is 6.